The van der Waals surface area contributed by atoms with Crippen LogP contribution >= 0.6 is 0 Å². The van der Waals surface area contributed by atoms with Gasteiger partial charge in [0.15, 0.2) is 11.5 Å². The van der Waals surface area contributed by atoms with Crippen LogP contribution in [0.3, 0.4) is 0 Å². The van der Waals surface area contributed by atoms with E-state index in [4.69, 9.17) is 9.47 Å². The number of aliphatic hydroxyl groups is 2. The molecule has 6 rings (SSSR count). The van der Waals surface area contributed by atoms with Crippen LogP contribution in [0.2, 0.25) is 0 Å². The highest BCUT2D eigenvalue weighted by atomic mass is 16.6. The molecular formula is C41H65NO5. The molecule has 1 aromatic rings. The number of nitrogens with zero attached hydrogens (tertiary/aromatic N) is 1. The van der Waals surface area contributed by atoms with Crippen LogP contribution in [0, 0.1) is 5.92 Å². The second-order valence-corrected chi connectivity index (χ2v) is 16.1. The number of hydrogen-bond donors (Lipinski definition) is 2. The maximum Gasteiger partial charge on any atom is 0.311 e. The summed E-state index contributed by atoms with van der Waals surface area (Å²) in [5.41, 5.74) is 0.640. The Labute approximate surface area is 285 Å². The molecule has 1 aromatic carbocycles. The topological polar surface area (TPSA) is 79.2 Å². The summed E-state index contributed by atoms with van der Waals surface area (Å²) < 4.78 is 12.5. The number of carbonyl (C=O) groups excluding carboxylic acids is 1. The maximum absolute atomic E-state index is 13.0. The standard InChI is InChI=1S/C41H65NO5/c1-2-3-4-5-6-7-8-9-10-11-12-13-14-15-16-17-18-22-36(44)46-34-24-23-32-29-35-41(45)26-25-33(43)39-40(41,37(32)38(34)47-39)27-28-42(35)30-31-20-19-21-31/h23-24,31,33,35,39,43,45H,2-22,25-30H2,1H3/t33-,35+,39-,40-,41+/m0/s1. The summed E-state index contributed by atoms with van der Waals surface area (Å²) >= 11 is 0. The van der Waals surface area contributed by atoms with Crippen LogP contribution in [0.15, 0.2) is 12.1 Å². The molecule has 6 nitrogen and oxygen atoms in total. The van der Waals surface area contributed by atoms with Crippen molar-refractivity contribution in [3.05, 3.63) is 23.3 Å². The third-order valence-corrected chi connectivity index (χ3v) is 13.0. The van der Waals surface area contributed by atoms with Gasteiger partial charge in [0.1, 0.15) is 6.10 Å². The van der Waals surface area contributed by atoms with Crippen LogP contribution in [0.1, 0.15) is 172 Å². The summed E-state index contributed by atoms with van der Waals surface area (Å²) in [6.45, 7) is 4.26. The number of esters is 1. The zero-order valence-electron chi connectivity index (χ0n) is 29.6. The number of piperidine rings is 1. The number of aliphatic hydroxyl groups excluding tert-OH is 1. The molecule has 2 N–H and O–H groups in total. The minimum absolute atomic E-state index is 0.0435. The van der Waals surface area contributed by atoms with E-state index >= 15 is 0 Å². The van der Waals surface area contributed by atoms with E-state index in [1.807, 2.05) is 6.07 Å². The Balaban J connectivity index is 0.918. The number of unbranched alkanes of at least 4 members (excludes halogenated alkanes) is 16. The summed E-state index contributed by atoms with van der Waals surface area (Å²) in [4.78, 5) is 15.5. The summed E-state index contributed by atoms with van der Waals surface area (Å²) in [6, 6.07) is 4.05. The minimum Gasteiger partial charge on any atom is -0.482 e. The molecule has 2 heterocycles. The van der Waals surface area contributed by atoms with Gasteiger partial charge in [-0.3, -0.25) is 9.69 Å². The molecule has 3 aliphatic carbocycles. The van der Waals surface area contributed by atoms with Gasteiger partial charge in [-0.2, -0.15) is 0 Å². The number of benzene rings is 1. The van der Waals surface area contributed by atoms with Crippen molar-refractivity contribution in [2.24, 2.45) is 5.92 Å². The highest BCUT2D eigenvalue weighted by Crippen LogP contribution is 2.65. The Morgan fingerprint density at radius 3 is 2.09 bits per heavy atom. The Morgan fingerprint density at radius 2 is 1.49 bits per heavy atom. The molecule has 1 saturated heterocycles. The van der Waals surface area contributed by atoms with Crippen LogP contribution in [0.4, 0.5) is 0 Å². The highest BCUT2D eigenvalue weighted by molar-refractivity contribution is 5.75. The average Bonchev–Trinajstić information content (AvgIpc) is 3.40. The maximum atomic E-state index is 13.0. The summed E-state index contributed by atoms with van der Waals surface area (Å²) in [5.74, 6) is 1.61. The molecule has 0 amide bonds. The fourth-order valence-electron chi connectivity index (χ4n) is 10.1. The third-order valence-electron chi connectivity index (χ3n) is 13.0. The van der Waals surface area contributed by atoms with E-state index in [1.165, 1.54) is 121 Å². The molecular weight excluding hydrogens is 586 g/mol. The molecule has 5 aliphatic rings. The quantitative estimate of drug-likeness (QED) is 0.0785. The predicted octanol–water partition coefficient (Wildman–Crippen LogP) is 8.95. The van der Waals surface area contributed by atoms with E-state index in [9.17, 15) is 15.0 Å². The van der Waals surface area contributed by atoms with E-state index in [1.54, 1.807) is 0 Å². The van der Waals surface area contributed by atoms with Crippen LogP contribution in [-0.4, -0.2) is 58.0 Å². The lowest BCUT2D eigenvalue weighted by molar-refractivity contribution is -0.209. The first kappa shape index (κ1) is 35.2. The van der Waals surface area contributed by atoms with Crippen molar-refractivity contribution < 1.29 is 24.5 Å². The largest absolute Gasteiger partial charge is 0.482 e. The van der Waals surface area contributed by atoms with Gasteiger partial charge in [0.25, 0.3) is 0 Å². The van der Waals surface area contributed by atoms with Gasteiger partial charge < -0.3 is 19.7 Å². The van der Waals surface area contributed by atoms with Gasteiger partial charge >= 0.3 is 5.97 Å². The Bertz CT molecular complexity index is 1170. The van der Waals surface area contributed by atoms with Crippen LogP contribution in [0.25, 0.3) is 0 Å². The second-order valence-electron chi connectivity index (χ2n) is 16.1. The van der Waals surface area contributed by atoms with E-state index in [0.29, 0.717) is 30.8 Å². The Morgan fingerprint density at radius 1 is 0.872 bits per heavy atom. The van der Waals surface area contributed by atoms with E-state index in [2.05, 4.69) is 17.9 Å². The molecule has 2 bridgehead atoms. The first-order chi connectivity index (χ1) is 23.0. The molecule has 6 heteroatoms. The Kier molecular flexibility index (Phi) is 12.3. The number of hydrogen-bond acceptors (Lipinski definition) is 6. The molecule has 1 spiro atoms. The lowest BCUT2D eigenvalue weighted by Gasteiger charge is -2.64. The zero-order valence-corrected chi connectivity index (χ0v) is 29.6. The normalized spacial score (nSPS) is 29.3. The lowest BCUT2D eigenvalue weighted by Crippen LogP contribution is -2.77. The summed E-state index contributed by atoms with van der Waals surface area (Å²) in [7, 11) is 0. The van der Waals surface area contributed by atoms with Crippen molar-refractivity contribution in [2.75, 3.05) is 13.1 Å². The summed E-state index contributed by atoms with van der Waals surface area (Å²) in [6.07, 6.45) is 28.3. The molecule has 47 heavy (non-hydrogen) atoms. The van der Waals surface area contributed by atoms with Crippen molar-refractivity contribution in [2.45, 2.75) is 197 Å². The smallest absolute Gasteiger partial charge is 0.311 e. The van der Waals surface area contributed by atoms with Gasteiger partial charge in [0.2, 0.25) is 0 Å². The molecule has 5 atom stereocenters. The lowest BCUT2D eigenvalue weighted by atomic mass is 9.48. The van der Waals surface area contributed by atoms with Gasteiger partial charge in [-0.25, -0.2) is 0 Å². The zero-order chi connectivity index (χ0) is 32.7. The molecule has 3 fully saturated rings. The van der Waals surface area contributed by atoms with E-state index in [0.717, 1.165) is 50.3 Å². The van der Waals surface area contributed by atoms with Gasteiger partial charge in [-0.05, 0) is 69.0 Å². The van der Waals surface area contributed by atoms with Crippen LogP contribution in [-0.2, 0) is 16.6 Å². The number of rotatable bonds is 21. The summed E-state index contributed by atoms with van der Waals surface area (Å²) in [5, 5.41) is 23.7. The Hall–Kier alpha value is -1.63. The molecule has 0 radical (unpaired) electrons. The number of carbonyl (C=O) groups is 1. The predicted molar refractivity (Wildman–Crippen MR) is 188 cm³/mol. The highest BCUT2D eigenvalue weighted by Gasteiger charge is 2.73. The molecule has 0 aromatic heterocycles. The fraction of sp³-hybridized carbons (Fsp3) is 0.829. The van der Waals surface area contributed by atoms with Gasteiger partial charge in [-0.1, -0.05) is 122 Å². The average molecular weight is 652 g/mol. The third kappa shape index (κ3) is 7.45. The second kappa shape index (κ2) is 16.4. The van der Waals surface area contributed by atoms with Gasteiger partial charge in [0, 0.05) is 24.6 Å². The van der Waals surface area contributed by atoms with Crippen molar-refractivity contribution in [3.63, 3.8) is 0 Å². The van der Waals surface area contributed by atoms with Crippen molar-refractivity contribution in [1.29, 1.82) is 0 Å². The SMILES string of the molecule is CCCCCCCCCCCCCCCCCCCC(=O)Oc1ccc2c3c1O[C@H]1[C@@H](O)CC[C@@]4(O)[C@@H](C2)N(CC2CCC2)CC[C@]314. The first-order valence-corrected chi connectivity index (χ1v) is 20.2. The van der Waals surface area contributed by atoms with Crippen LogP contribution < -0.4 is 9.47 Å². The van der Waals surface area contributed by atoms with Crippen molar-refractivity contribution >= 4 is 5.97 Å². The van der Waals surface area contributed by atoms with Gasteiger partial charge in [0.05, 0.1) is 17.1 Å². The number of likely N-dealkylation sites (tertiary alicyclic amines) is 1. The number of ether oxygens (including phenoxy) is 2. The molecule has 2 saturated carbocycles. The van der Waals surface area contributed by atoms with Gasteiger partial charge in [-0.15, -0.1) is 0 Å². The fourth-order valence-corrected chi connectivity index (χ4v) is 10.1. The molecule has 0 unspecified atom stereocenters. The van der Waals surface area contributed by atoms with Crippen LogP contribution in [0.5, 0.6) is 11.5 Å². The monoisotopic (exact) mass is 651 g/mol. The van der Waals surface area contributed by atoms with Crippen molar-refractivity contribution in [3.8, 4) is 11.5 Å². The molecule has 264 valence electrons. The molecule has 2 aliphatic heterocycles. The van der Waals surface area contributed by atoms with E-state index in [-0.39, 0.29) is 12.0 Å². The van der Waals surface area contributed by atoms with Crippen molar-refractivity contribution in [1.82, 2.24) is 4.90 Å². The first-order valence-electron chi connectivity index (χ1n) is 20.2. The minimum atomic E-state index is -0.937. The van der Waals surface area contributed by atoms with E-state index < -0.39 is 23.2 Å².